The van der Waals surface area contributed by atoms with E-state index in [4.69, 9.17) is 11.6 Å². The van der Waals surface area contributed by atoms with Crippen LogP contribution in [0.2, 0.25) is 5.02 Å². The van der Waals surface area contributed by atoms with Gasteiger partial charge in [-0.1, -0.05) is 11.6 Å². The number of aryl methyl sites for hydroxylation is 1. The zero-order valence-electron chi connectivity index (χ0n) is 13.3. The third-order valence-corrected chi connectivity index (χ3v) is 5.10. The van der Waals surface area contributed by atoms with Crippen molar-refractivity contribution < 1.29 is 9.59 Å². The average Bonchev–Trinajstić information content (AvgIpc) is 3.00. The number of rotatable bonds is 3. The molecule has 1 atom stereocenters. The summed E-state index contributed by atoms with van der Waals surface area (Å²) >= 11 is 7.31. The molecule has 0 aliphatic carbocycles. The molecule has 126 valence electrons. The molecule has 1 N–H and O–H groups in total. The first-order valence-corrected chi connectivity index (χ1v) is 9.00. The molecule has 2 amide bonds. The molecular weight excluding hydrogens is 346 g/mol. The smallest absolute Gasteiger partial charge is 0.253 e. The van der Waals surface area contributed by atoms with E-state index >= 15 is 0 Å². The third-order valence-electron chi connectivity index (χ3n) is 4.02. The van der Waals surface area contributed by atoms with E-state index in [-0.39, 0.29) is 17.7 Å². The van der Waals surface area contributed by atoms with Gasteiger partial charge in [0.15, 0.2) is 5.13 Å². The second-order valence-corrected chi connectivity index (χ2v) is 7.53. The number of hydrogen-bond acceptors (Lipinski definition) is 4. The highest BCUT2D eigenvalue weighted by Crippen LogP contribution is 2.23. The molecule has 2 aromatic rings. The Balaban J connectivity index is 1.64. The van der Waals surface area contributed by atoms with Gasteiger partial charge in [0.05, 0.1) is 5.92 Å². The minimum atomic E-state index is -0.209. The van der Waals surface area contributed by atoms with Gasteiger partial charge in [-0.05, 0) is 44.0 Å². The number of hydrogen-bond donors (Lipinski definition) is 1. The lowest BCUT2D eigenvalue weighted by atomic mass is 9.96. The van der Waals surface area contributed by atoms with Gasteiger partial charge in [0.25, 0.3) is 5.91 Å². The van der Waals surface area contributed by atoms with Crippen LogP contribution in [0.15, 0.2) is 30.5 Å². The van der Waals surface area contributed by atoms with Gasteiger partial charge in [-0.2, -0.15) is 0 Å². The fourth-order valence-corrected chi connectivity index (χ4v) is 3.56. The van der Waals surface area contributed by atoms with Crippen molar-refractivity contribution in [3.05, 3.63) is 45.9 Å². The van der Waals surface area contributed by atoms with E-state index in [2.05, 4.69) is 10.3 Å². The number of nitrogens with zero attached hydrogens (tertiary/aromatic N) is 2. The summed E-state index contributed by atoms with van der Waals surface area (Å²) in [7, 11) is 0. The van der Waals surface area contributed by atoms with E-state index in [1.54, 1.807) is 35.4 Å². The molecule has 3 rings (SSSR count). The van der Waals surface area contributed by atoms with Crippen LogP contribution >= 0.6 is 22.9 Å². The number of amides is 2. The molecule has 0 spiro atoms. The first-order chi connectivity index (χ1) is 11.5. The summed E-state index contributed by atoms with van der Waals surface area (Å²) in [6.45, 7) is 3.04. The predicted octanol–water partition coefficient (Wildman–Crippen LogP) is 3.60. The Morgan fingerprint density at radius 1 is 1.33 bits per heavy atom. The molecule has 1 aliphatic heterocycles. The van der Waals surface area contributed by atoms with Gasteiger partial charge in [0.1, 0.15) is 0 Å². The molecule has 7 heteroatoms. The molecule has 1 aromatic heterocycles. The summed E-state index contributed by atoms with van der Waals surface area (Å²) in [5.41, 5.74) is 0.594. The lowest BCUT2D eigenvalue weighted by molar-refractivity contribution is -0.121. The number of likely N-dealkylation sites (tertiary alicyclic amines) is 1. The SMILES string of the molecule is Cc1cnc(NC(=O)[C@@H]2CCCN(C(=O)c3ccc(Cl)cc3)C2)s1. The van der Waals surface area contributed by atoms with Crippen molar-refractivity contribution in [1.82, 2.24) is 9.88 Å². The van der Waals surface area contributed by atoms with Crippen LogP contribution in [0.25, 0.3) is 0 Å². The van der Waals surface area contributed by atoms with E-state index in [0.717, 1.165) is 17.7 Å². The van der Waals surface area contributed by atoms with Crippen LogP contribution in [0.4, 0.5) is 5.13 Å². The standard InChI is InChI=1S/C17H18ClN3O2S/c1-11-9-19-17(24-11)20-15(22)13-3-2-8-21(10-13)16(23)12-4-6-14(18)7-5-12/h4-7,9,13H,2-3,8,10H2,1H3,(H,19,20,22)/t13-/m1/s1. The van der Waals surface area contributed by atoms with Crippen molar-refractivity contribution in [3.63, 3.8) is 0 Å². The quantitative estimate of drug-likeness (QED) is 0.906. The topological polar surface area (TPSA) is 62.3 Å². The number of thiazole rings is 1. The minimum Gasteiger partial charge on any atom is -0.338 e. The number of benzene rings is 1. The van der Waals surface area contributed by atoms with Crippen LogP contribution in [0.1, 0.15) is 28.1 Å². The number of carbonyl (C=O) groups excluding carboxylic acids is 2. The Labute approximate surface area is 149 Å². The van der Waals surface area contributed by atoms with Gasteiger partial charge in [0, 0.05) is 34.7 Å². The van der Waals surface area contributed by atoms with Crippen molar-refractivity contribution in [2.24, 2.45) is 5.92 Å². The lowest BCUT2D eigenvalue weighted by Crippen LogP contribution is -2.43. The number of nitrogens with one attached hydrogen (secondary N) is 1. The highest BCUT2D eigenvalue weighted by atomic mass is 35.5. The Morgan fingerprint density at radius 2 is 2.08 bits per heavy atom. The van der Waals surface area contributed by atoms with E-state index < -0.39 is 0 Å². The summed E-state index contributed by atoms with van der Waals surface area (Å²) in [4.78, 5) is 32.0. The van der Waals surface area contributed by atoms with Crippen LogP contribution in [0, 0.1) is 12.8 Å². The molecule has 1 fully saturated rings. The lowest BCUT2D eigenvalue weighted by Gasteiger charge is -2.32. The molecule has 0 unspecified atom stereocenters. The highest BCUT2D eigenvalue weighted by molar-refractivity contribution is 7.15. The second kappa shape index (κ2) is 7.32. The van der Waals surface area contributed by atoms with Crippen molar-refractivity contribution in [3.8, 4) is 0 Å². The molecule has 2 heterocycles. The Hall–Kier alpha value is -1.92. The average molecular weight is 364 g/mol. The zero-order chi connectivity index (χ0) is 17.1. The minimum absolute atomic E-state index is 0.0609. The molecule has 0 bridgehead atoms. The fraction of sp³-hybridized carbons (Fsp3) is 0.353. The van der Waals surface area contributed by atoms with E-state index in [9.17, 15) is 9.59 Å². The van der Waals surface area contributed by atoms with Gasteiger partial charge in [-0.25, -0.2) is 4.98 Å². The van der Waals surface area contributed by atoms with Crippen molar-refractivity contribution in [1.29, 1.82) is 0 Å². The van der Waals surface area contributed by atoms with Crippen LogP contribution in [0.3, 0.4) is 0 Å². The summed E-state index contributed by atoms with van der Waals surface area (Å²) in [6, 6.07) is 6.83. The maximum Gasteiger partial charge on any atom is 0.253 e. The number of piperidine rings is 1. The molecular formula is C17H18ClN3O2S. The normalized spacial score (nSPS) is 17.6. The number of aromatic nitrogens is 1. The highest BCUT2D eigenvalue weighted by Gasteiger charge is 2.29. The van der Waals surface area contributed by atoms with Crippen LogP contribution in [0.5, 0.6) is 0 Å². The largest absolute Gasteiger partial charge is 0.338 e. The van der Waals surface area contributed by atoms with Gasteiger partial charge in [0.2, 0.25) is 5.91 Å². The first kappa shape index (κ1) is 16.9. The van der Waals surface area contributed by atoms with Gasteiger partial charge >= 0.3 is 0 Å². The number of halogens is 1. The van der Waals surface area contributed by atoms with Crippen molar-refractivity contribution >= 4 is 39.9 Å². The molecule has 1 aromatic carbocycles. The summed E-state index contributed by atoms with van der Waals surface area (Å²) < 4.78 is 0. The molecule has 5 nitrogen and oxygen atoms in total. The Kier molecular flexibility index (Phi) is 5.16. The Morgan fingerprint density at radius 3 is 2.75 bits per heavy atom. The summed E-state index contributed by atoms with van der Waals surface area (Å²) in [5, 5.41) is 4.06. The summed E-state index contributed by atoms with van der Waals surface area (Å²) in [5.74, 6) is -0.341. The fourth-order valence-electron chi connectivity index (χ4n) is 2.77. The maximum absolute atomic E-state index is 12.6. The molecule has 1 aliphatic rings. The van der Waals surface area contributed by atoms with Crippen molar-refractivity contribution in [2.45, 2.75) is 19.8 Å². The monoisotopic (exact) mass is 363 g/mol. The van der Waals surface area contributed by atoms with Crippen LogP contribution in [-0.4, -0.2) is 34.8 Å². The molecule has 0 radical (unpaired) electrons. The van der Waals surface area contributed by atoms with E-state index in [1.165, 1.54) is 11.3 Å². The molecule has 0 saturated carbocycles. The van der Waals surface area contributed by atoms with Crippen LogP contribution in [-0.2, 0) is 4.79 Å². The van der Waals surface area contributed by atoms with Gasteiger partial charge in [-0.3, -0.25) is 9.59 Å². The summed E-state index contributed by atoms with van der Waals surface area (Å²) in [6.07, 6.45) is 3.33. The maximum atomic E-state index is 12.6. The second-order valence-electron chi connectivity index (χ2n) is 5.86. The zero-order valence-corrected chi connectivity index (χ0v) is 14.9. The first-order valence-electron chi connectivity index (χ1n) is 7.81. The van der Waals surface area contributed by atoms with Gasteiger partial charge < -0.3 is 10.2 Å². The van der Waals surface area contributed by atoms with Gasteiger partial charge in [-0.15, -0.1) is 11.3 Å². The number of carbonyl (C=O) groups is 2. The molecule has 1 saturated heterocycles. The number of anilines is 1. The van der Waals surface area contributed by atoms with Crippen molar-refractivity contribution in [2.75, 3.05) is 18.4 Å². The third kappa shape index (κ3) is 3.94. The Bertz CT molecular complexity index is 745. The van der Waals surface area contributed by atoms with Crippen LogP contribution < -0.4 is 5.32 Å². The predicted molar refractivity (Wildman–Crippen MR) is 95.6 cm³/mol. The molecule has 24 heavy (non-hydrogen) atoms. The van der Waals surface area contributed by atoms with E-state index in [0.29, 0.717) is 28.8 Å². The van der Waals surface area contributed by atoms with E-state index in [1.807, 2.05) is 6.92 Å².